The van der Waals surface area contributed by atoms with Gasteiger partial charge in [-0.25, -0.2) is 4.79 Å². The van der Waals surface area contributed by atoms with E-state index in [2.05, 4.69) is 0 Å². The molecule has 0 unspecified atom stereocenters. The van der Waals surface area contributed by atoms with Crippen LogP contribution < -0.4 is 0 Å². The molecule has 1 heterocycles. The fourth-order valence-corrected chi connectivity index (χ4v) is 4.13. The van der Waals surface area contributed by atoms with E-state index < -0.39 is 30.1 Å². The summed E-state index contributed by atoms with van der Waals surface area (Å²) in [4.78, 5) is 41.3. The van der Waals surface area contributed by atoms with Crippen molar-refractivity contribution in [1.29, 1.82) is 0 Å². The molecule has 32 heavy (non-hydrogen) atoms. The Hall–Kier alpha value is -3.35. The molecule has 0 radical (unpaired) electrons. The first-order valence-electron chi connectivity index (χ1n) is 10.8. The van der Waals surface area contributed by atoms with Crippen molar-refractivity contribution in [3.63, 3.8) is 0 Å². The molecule has 7 heteroatoms. The Morgan fingerprint density at radius 1 is 1.03 bits per heavy atom. The molecule has 0 saturated carbocycles. The van der Waals surface area contributed by atoms with E-state index in [0.717, 1.165) is 11.1 Å². The van der Waals surface area contributed by atoms with Crippen LogP contribution in [-0.2, 0) is 25.7 Å². The second kappa shape index (κ2) is 10.3. The second-order valence-corrected chi connectivity index (χ2v) is 8.13. The molecule has 2 amide bonds. The number of hydrogen-bond donors (Lipinski definition) is 0. The third-order valence-electron chi connectivity index (χ3n) is 5.93. The summed E-state index contributed by atoms with van der Waals surface area (Å²) < 4.78 is 10.9. The number of benzene rings is 2. The van der Waals surface area contributed by atoms with Gasteiger partial charge in [0.05, 0.1) is 18.6 Å². The average molecular weight is 439 g/mol. The molecule has 0 spiro atoms. The average Bonchev–Trinajstić information content (AvgIpc) is 2.78. The first-order chi connectivity index (χ1) is 15.3. The Labute approximate surface area is 188 Å². The SMILES string of the molecule is CC(=O)O[C@@H](C)[C@H]1C(=O)N([C@@H](C)c2ccccc2)CN(C(=O)OCc2ccccc2)[C@@H]1C. The summed E-state index contributed by atoms with van der Waals surface area (Å²) >= 11 is 0. The number of nitrogens with zero attached hydrogens (tertiary/aromatic N) is 2. The van der Waals surface area contributed by atoms with Gasteiger partial charge in [-0.2, -0.15) is 0 Å². The second-order valence-electron chi connectivity index (χ2n) is 8.13. The lowest BCUT2D eigenvalue weighted by molar-refractivity contribution is -0.164. The third-order valence-corrected chi connectivity index (χ3v) is 5.93. The summed E-state index contributed by atoms with van der Waals surface area (Å²) in [7, 11) is 0. The molecule has 0 N–H and O–H groups in total. The lowest BCUT2D eigenvalue weighted by Gasteiger charge is -2.47. The zero-order valence-corrected chi connectivity index (χ0v) is 18.9. The van der Waals surface area contributed by atoms with E-state index >= 15 is 0 Å². The highest BCUT2D eigenvalue weighted by Crippen LogP contribution is 2.32. The summed E-state index contributed by atoms with van der Waals surface area (Å²) in [5.74, 6) is -1.33. The number of rotatable bonds is 6. The van der Waals surface area contributed by atoms with Gasteiger partial charge in [0.2, 0.25) is 5.91 Å². The molecule has 2 aromatic carbocycles. The quantitative estimate of drug-likeness (QED) is 0.634. The Morgan fingerprint density at radius 2 is 1.62 bits per heavy atom. The summed E-state index contributed by atoms with van der Waals surface area (Å²) in [5, 5.41) is 0. The van der Waals surface area contributed by atoms with Crippen LogP contribution in [0.2, 0.25) is 0 Å². The minimum Gasteiger partial charge on any atom is -0.462 e. The molecule has 0 aliphatic carbocycles. The van der Waals surface area contributed by atoms with Crippen LogP contribution in [0.4, 0.5) is 4.79 Å². The number of carbonyl (C=O) groups is 3. The van der Waals surface area contributed by atoms with Crippen molar-refractivity contribution in [3.05, 3.63) is 71.8 Å². The zero-order chi connectivity index (χ0) is 23.3. The first-order valence-corrected chi connectivity index (χ1v) is 10.8. The van der Waals surface area contributed by atoms with Crippen LogP contribution in [0.15, 0.2) is 60.7 Å². The molecular weight excluding hydrogens is 408 g/mol. The molecule has 0 aromatic heterocycles. The number of esters is 1. The first kappa shape index (κ1) is 23.3. The molecule has 0 bridgehead atoms. The van der Waals surface area contributed by atoms with E-state index in [9.17, 15) is 14.4 Å². The highest BCUT2D eigenvalue weighted by Gasteiger charge is 2.46. The molecule has 170 valence electrons. The van der Waals surface area contributed by atoms with Crippen molar-refractivity contribution in [2.24, 2.45) is 5.92 Å². The molecular formula is C25H30N2O5. The molecule has 1 aliphatic heterocycles. The maximum Gasteiger partial charge on any atom is 0.411 e. The Bertz CT molecular complexity index is 934. The molecule has 7 nitrogen and oxygen atoms in total. The van der Waals surface area contributed by atoms with E-state index in [1.807, 2.05) is 67.6 Å². The van der Waals surface area contributed by atoms with E-state index in [1.54, 1.807) is 18.7 Å². The lowest BCUT2D eigenvalue weighted by atomic mass is 9.89. The number of ether oxygens (including phenoxy) is 2. The molecule has 4 atom stereocenters. The highest BCUT2D eigenvalue weighted by atomic mass is 16.6. The highest BCUT2D eigenvalue weighted by molar-refractivity contribution is 5.84. The molecule has 1 aliphatic rings. The topological polar surface area (TPSA) is 76.2 Å². The Balaban J connectivity index is 1.85. The Kier molecular flexibility index (Phi) is 7.51. The van der Waals surface area contributed by atoms with Gasteiger partial charge >= 0.3 is 12.1 Å². The molecule has 1 fully saturated rings. The van der Waals surface area contributed by atoms with Gasteiger partial charge in [-0.05, 0) is 31.9 Å². The normalized spacial score (nSPS) is 20.4. The van der Waals surface area contributed by atoms with Gasteiger partial charge in [-0.1, -0.05) is 60.7 Å². The summed E-state index contributed by atoms with van der Waals surface area (Å²) in [5.41, 5.74) is 1.83. The van der Waals surface area contributed by atoms with Gasteiger partial charge in [0.1, 0.15) is 12.7 Å². The van der Waals surface area contributed by atoms with Crippen LogP contribution in [0, 0.1) is 5.92 Å². The summed E-state index contributed by atoms with van der Waals surface area (Å²) in [6, 6.07) is 18.3. The van der Waals surface area contributed by atoms with E-state index in [-0.39, 0.29) is 25.2 Å². The van der Waals surface area contributed by atoms with Crippen molar-refractivity contribution < 1.29 is 23.9 Å². The summed E-state index contributed by atoms with van der Waals surface area (Å²) in [6.07, 6.45) is -1.20. The van der Waals surface area contributed by atoms with E-state index in [1.165, 1.54) is 11.8 Å². The van der Waals surface area contributed by atoms with E-state index in [0.29, 0.717) is 0 Å². The maximum absolute atomic E-state index is 13.5. The number of carbonyl (C=O) groups excluding carboxylic acids is 3. The predicted octanol–water partition coefficient (Wildman–Crippen LogP) is 4.14. The van der Waals surface area contributed by atoms with E-state index in [4.69, 9.17) is 9.47 Å². The van der Waals surface area contributed by atoms with Crippen molar-refractivity contribution in [2.75, 3.05) is 6.67 Å². The van der Waals surface area contributed by atoms with Crippen molar-refractivity contribution in [2.45, 2.75) is 52.5 Å². The molecule has 3 rings (SSSR count). The van der Waals surface area contributed by atoms with Crippen molar-refractivity contribution >= 4 is 18.0 Å². The van der Waals surface area contributed by atoms with Crippen LogP contribution in [0.1, 0.15) is 44.9 Å². The standard InChI is InChI=1S/C25H30N2O5/c1-17(22-13-9-6-10-14-22)26-16-27(25(30)31-15-21-11-7-5-8-12-21)18(2)23(24(26)29)19(3)32-20(4)28/h5-14,17-19,23H,15-16H2,1-4H3/t17-,18+,19-,23-/m0/s1. The van der Waals surface area contributed by atoms with Gasteiger partial charge in [0.25, 0.3) is 0 Å². The molecule has 1 saturated heterocycles. The van der Waals surface area contributed by atoms with Gasteiger partial charge < -0.3 is 14.4 Å². The molecule has 2 aromatic rings. The minimum absolute atomic E-state index is 0.0903. The number of amides is 2. The van der Waals surface area contributed by atoms with Crippen LogP contribution in [-0.4, -0.2) is 46.6 Å². The largest absolute Gasteiger partial charge is 0.462 e. The predicted molar refractivity (Wildman–Crippen MR) is 119 cm³/mol. The fourth-order valence-electron chi connectivity index (χ4n) is 4.13. The Morgan fingerprint density at radius 3 is 2.22 bits per heavy atom. The van der Waals surface area contributed by atoms with Crippen LogP contribution in [0.25, 0.3) is 0 Å². The lowest BCUT2D eigenvalue weighted by Crippen LogP contribution is -2.62. The number of hydrogen-bond acceptors (Lipinski definition) is 5. The monoisotopic (exact) mass is 438 g/mol. The zero-order valence-electron chi connectivity index (χ0n) is 18.9. The van der Waals surface area contributed by atoms with Crippen LogP contribution >= 0.6 is 0 Å². The summed E-state index contributed by atoms with van der Waals surface area (Å²) in [6.45, 7) is 6.93. The van der Waals surface area contributed by atoms with Crippen molar-refractivity contribution in [3.8, 4) is 0 Å². The maximum atomic E-state index is 13.5. The van der Waals surface area contributed by atoms with Gasteiger partial charge in [0.15, 0.2) is 0 Å². The van der Waals surface area contributed by atoms with Gasteiger partial charge in [0, 0.05) is 13.0 Å². The van der Waals surface area contributed by atoms with Crippen LogP contribution in [0.5, 0.6) is 0 Å². The van der Waals surface area contributed by atoms with Crippen LogP contribution in [0.3, 0.4) is 0 Å². The minimum atomic E-state index is -0.705. The van der Waals surface area contributed by atoms with Gasteiger partial charge in [-0.15, -0.1) is 0 Å². The fraction of sp³-hybridized carbons (Fsp3) is 0.400. The smallest absolute Gasteiger partial charge is 0.411 e. The van der Waals surface area contributed by atoms with Gasteiger partial charge in [-0.3, -0.25) is 14.5 Å². The van der Waals surface area contributed by atoms with Crippen molar-refractivity contribution in [1.82, 2.24) is 9.80 Å². The third kappa shape index (κ3) is 5.28.